The van der Waals surface area contributed by atoms with Crippen molar-refractivity contribution >= 4 is 33.0 Å². The molecule has 1 aromatic rings. The predicted molar refractivity (Wildman–Crippen MR) is 68.2 cm³/mol. The van der Waals surface area contributed by atoms with E-state index in [1.54, 1.807) is 39.0 Å². The van der Waals surface area contributed by atoms with Gasteiger partial charge in [0.25, 0.3) is 0 Å². The van der Waals surface area contributed by atoms with E-state index < -0.39 is 14.8 Å². The Morgan fingerprint density at radius 3 is 2.31 bits per heavy atom. The summed E-state index contributed by atoms with van der Waals surface area (Å²) in [5.41, 5.74) is 6.20. The molecule has 16 heavy (non-hydrogen) atoms. The summed E-state index contributed by atoms with van der Waals surface area (Å²) in [5.74, 6) is 0. The lowest BCUT2D eigenvalue weighted by molar-refractivity contribution is 0.566. The second kappa shape index (κ2) is 4.14. The van der Waals surface area contributed by atoms with Crippen molar-refractivity contribution in [1.82, 2.24) is 0 Å². The first-order valence-corrected chi connectivity index (χ1v) is 6.57. The van der Waals surface area contributed by atoms with Gasteiger partial charge in [-0.1, -0.05) is 17.7 Å². The largest absolute Gasteiger partial charge is 0.397 e. The number of halogens is 1. The molecule has 0 amide bonds. The third-order valence-electron chi connectivity index (χ3n) is 2.09. The Labute approximate surface area is 101 Å². The number of nitrogens with one attached hydrogen (secondary N) is 1. The van der Waals surface area contributed by atoms with E-state index in [9.17, 15) is 8.42 Å². The van der Waals surface area contributed by atoms with Crippen molar-refractivity contribution in [2.45, 2.75) is 25.5 Å². The first-order chi connectivity index (χ1) is 7.15. The molecular formula is C10H15ClN2O2S. The molecule has 0 unspecified atom stereocenters. The topological polar surface area (TPSA) is 72.2 Å². The van der Waals surface area contributed by atoms with Crippen LogP contribution in [0.2, 0.25) is 5.02 Å². The zero-order chi connectivity index (χ0) is 12.6. The smallest absolute Gasteiger partial charge is 0.237 e. The van der Waals surface area contributed by atoms with Crippen molar-refractivity contribution in [2.24, 2.45) is 0 Å². The first-order valence-electron chi connectivity index (χ1n) is 4.71. The van der Waals surface area contributed by atoms with Crippen molar-refractivity contribution in [2.75, 3.05) is 10.5 Å². The number of para-hydroxylation sites is 1. The van der Waals surface area contributed by atoms with Crippen molar-refractivity contribution in [1.29, 1.82) is 0 Å². The minimum Gasteiger partial charge on any atom is -0.397 e. The summed E-state index contributed by atoms with van der Waals surface area (Å²) in [6, 6.07) is 4.83. The average Bonchev–Trinajstić information content (AvgIpc) is 2.10. The number of nitrogen functional groups attached to an aromatic ring is 1. The Hall–Kier alpha value is -0.940. The van der Waals surface area contributed by atoms with Crippen LogP contribution in [0.25, 0.3) is 0 Å². The molecule has 0 heterocycles. The molecule has 0 aliphatic heterocycles. The Bertz CT molecular complexity index is 472. The average molecular weight is 263 g/mol. The Kier molecular flexibility index (Phi) is 3.40. The normalized spacial score (nSPS) is 12.5. The van der Waals surface area contributed by atoms with Gasteiger partial charge in [-0.15, -0.1) is 0 Å². The highest BCUT2D eigenvalue weighted by molar-refractivity contribution is 7.94. The first kappa shape index (κ1) is 13.1. The molecule has 0 saturated heterocycles. The second-order valence-electron chi connectivity index (χ2n) is 4.42. The van der Waals surface area contributed by atoms with Gasteiger partial charge in [0.05, 0.1) is 21.1 Å². The van der Waals surface area contributed by atoms with E-state index in [0.29, 0.717) is 5.69 Å². The molecular weight excluding hydrogens is 248 g/mol. The van der Waals surface area contributed by atoms with Crippen LogP contribution in [0.15, 0.2) is 18.2 Å². The Morgan fingerprint density at radius 2 is 1.88 bits per heavy atom. The van der Waals surface area contributed by atoms with Crippen LogP contribution in [0, 0.1) is 0 Å². The van der Waals surface area contributed by atoms with Gasteiger partial charge in [-0.2, -0.15) is 0 Å². The lowest BCUT2D eigenvalue weighted by Gasteiger charge is -2.21. The summed E-state index contributed by atoms with van der Waals surface area (Å²) < 4.78 is 25.3. The third-order valence-corrected chi connectivity index (χ3v) is 4.49. The van der Waals surface area contributed by atoms with Gasteiger partial charge < -0.3 is 5.73 Å². The van der Waals surface area contributed by atoms with Crippen LogP contribution in [0.5, 0.6) is 0 Å². The summed E-state index contributed by atoms with van der Waals surface area (Å²) in [7, 11) is -3.51. The summed E-state index contributed by atoms with van der Waals surface area (Å²) in [5, 5.41) is 0.285. The zero-order valence-electron chi connectivity index (χ0n) is 9.41. The van der Waals surface area contributed by atoms with E-state index in [4.69, 9.17) is 17.3 Å². The third kappa shape index (κ3) is 2.59. The fraction of sp³-hybridized carbons (Fsp3) is 0.400. The van der Waals surface area contributed by atoms with Gasteiger partial charge in [0, 0.05) is 0 Å². The summed E-state index contributed by atoms with van der Waals surface area (Å²) in [6.07, 6.45) is 0. The molecule has 0 bridgehead atoms. The van der Waals surface area contributed by atoms with Gasteiger partial charge in [0.1, 0.15) is 0 Å². The number of anilines is 2. The zero-order valence-corrected chi connectivity index (χ0v) is 11.0. The van der Waals surface area contributed by atoms with E-state index in [0.717, 1.165) is 0 Å². The standard InChI is InChI=1S/C10H15ClN2O2S/c1-10(2,3)16(14,15)13-9-7(11)5-4-6-8(9)12/h4-6,13H,12H2,1-3H3. The quantitative estimate of drug-likeness (QED) is 0.804. The van der Waals surface area contributed by atoms with Gasteiger partial charge in [-0.25, -0.2) is 8.42 Å². The van der Waals surface area contributed by atoms with Crippen molar-refractivity contribution < 1.29 is 8.42 Å². The van der Waals surface area contributed by atoms with E-state index >= 15 is 0 Å². The molecule has 0 aliphatic rings. The lowest BCUT2D eigenvalue weighted by atomic mass is 10.3. The predicted octanol–water partition coefficient (Wildman–Crippen LogP) is 2.46. The fourth-order valence-corrected chi connectivity index (χ4v) is 2.02. The van der Waals surface area contributed by atoms with Crippen molar-refractivity contribution in [3.05, 3.63) is 23.2 Å². The van der Waals surface area contributed by atoms with Gasteiger partial charge in [0.15, 0.2) is 0 Å². The molecule has 0 atom stereocenters. The number of hydrogen-bond donors (Lipinski definition) is 2. The number of benzene rings is 1. The van der Waals surface area contributed by atoms with Gasteiger partial charge >= 0.3 is 0 Å². The van der Waals surface area contributed by atoms with Gasteiger partial charge in [0.2, 0.25) is 10.0 Å². The molecule has 3 N–H and O–H groups in total. The fourth-order valence-electron chi connectivity index (χ4n) is 0.936. The SMILES string of the molecule is CC(C)(C)S(=O)(=O)Nc1c(N)cccc1Cl. The summed E-state index contributed by atoms with van der Waals surface area (Å²) >= 11 is 5.88. The Morgan fingerprint density at radius 1 is 1.31 bits per heavy atom. The summed E-state index contributed by atoms with van der Waals surface area (Å²) in [6.45, 7) is 4.80. The number of nitrogens with two attached hydrogens (primary N) is 1. The van der Waals surface area contributed by atoms with Crippen LogP contribution in [-0.4, -0.2) is 13.2 Å². The number of rotatable bonds is 2. The summed E-state index contributed by atoms with van der Waals surface area (Å²) in [4.78, 5) is 0. The molecule has 0 aliphatic carbocycles. The lowest BCUT2D eigenvalue weighted by Crippen LogP contribution is -2.34. The van der Waals surface area contributed by atoms with Crippen molar-refractivity contribution in [3.8, 4) is 0 Å². The van der Waals surface area contributed by atoms with E-state index in [2.05, 4.69) is 4.72 Å². The molecule has 1 rings (SSSR count). The van der Waals surface area contributed by atoms with E-state index in [1.807, 2.05) is 0 Å². The highest BCUT2D eigenvalue weighted by Crippen LogP contribution is 2.30. The maximum absolute atomic E-state index is 11.9. The molecule has 0 aromatic heterocycles. The number of sulfonamides is 1. The van der Waals surface area contributed by atoms with Gasteiger partial charge in [-0.3, -0.25) is 4.72 Å². The van der Waals surface area contributed by atoms with Crippen LogP contribution in [0.3, 0.4) is 0 Å². The van der Waals surface area contributed by atoms with Crippen molar-refractivity contribution in [3.63, 3.8) is 0 Å². The second-order valence-corrected chi connectivity index (χ2v) is 7.26. The highest BCUT2D eigenvalue weighted by Gasteiger charge is 2.29. The monoisotopic (exact) mass is 262 g/mol. The van der Waals surface area contributed by atoms with Crippen LogP contribution in [0.1, 0.15) is 20.8 Å². The minimum absolute atomic E-state index is 0.235. The molecule has 0 fully saturated rings. The number of hydrogen-bond acceptors (Lipinski definition) is 3. The van der Waals surface area contributed by atoms with Crippen LogP contribution in [0.4, 0.5) is 11.4 Å². The van der Waals surface area contributed by atoms with Crippen LogP contribution >= 0.6 is 11.6 Å². The Balaban J connectivity index is 3.17. The molecule has 0 saturated carbocycles. The maximum Gasteiger partial charge on any atom is 0.237 e. The van der Waals surface area contributed by atoms with Crippen LogP contribution in [-0.2, 0) is 10.0 Å². The minimum atomic E-state index is -3.51. The van der Waals surface area contributed by atoms with Crippen LogP contribution < -0.4 is 10.5 Å². The molecule has 6 heteroatoms. The molecule has 1 aromatic carbocycles. The van der Waals surface area contributed by atoms with Gasteiger partial charge in [-0.05, 0) is 32.9 Å². The molecule has 90 valence electrons. The van der Waals surface area contributed by atoms with E-state index in [1.165, 1.54) is 0 Å². The molecule has 0 spiro atoms. The maximum atomic E-state index is 11.9. The highest BCUT2D eigenvalue weighted by atomic mass is 35.5. The molecule has 0 radical (unpaired) electrons. The van der Waals surface area contributed by atoms with E-state index in [-0.39, 0.29) is 10.7 Å². The molecule has 4 nitrogen and oxygen atoms in total.